The Kier molecular flexibility index (Phi) is 3.45. The summed E-state index contributed by atoms with van der Waals surface area (Å²) >= 11 is 0. The predicted molar refractivity (Wildman–Crippen MR) is 58.1 cm³/mol. The predicted octanol–water partition coefficient (Wildman–Crippen LogP) is 2.46. The molecule has 0 aromatic heterocycles. The molecule has 2 fully saturated rings. The van der Waals surface area contributed by atoms with Gasteiger partial charge in [0.25, 0.3) is 0 Å². The quantitative estimate of drug-likeness (QED) is 0.738. The first-order chi connectivity index (χ1) is 6.75. The van der Waals surface area contributed by atoms with E-state index in [1.54, 1.807) is 0 Å². The number of rotatable bonds is 2. The molecule has 0 aromatic carbocycles. The standard InChI is InChI=1S/C12H23NO/c1-9-6-7-11(13)12(8-9)14-10-4-2-3-5-10/h9-12H,2-8,13H2,1H3. The zero-order valence-corrected chi connectivity index (χ0v) is 9.24. The smallest absolute Gasteiger partial charge is 0.0732 e. The summed E-state index contributed by atoms with van der Waals surface area (Å²) in [6, 6.07) is 0.298. The van der Waals surface area contributed by atoms with Crippen molar-refractivity contribution in [3.05, 3.63) is 0 Å². The molecule has 0 bridgehead atoms. The molecule has 0 aliphatic heterocycles. The monoisotopic (exact) mass is 197 g/mol. The van der Waals surface area contributed by atoms with Crippen molar-refractivity contribution in [3.63, 3.8) is 0 Å². The van der Waals surface area contributed by atoms with Crippen LogP contribution in [0.4, 0.5) is 0 Å². The van der Waals surface area contributed by atoms with E-state index in [2.05, 4.69) is 6.92 Å². The van der Waals surface area contributed by atoms with Crippen molar-refractivity contribution in [1.82, 2.24) is 0 Å². The van der Waals surface area contributed by atoms with Crippen LogP contribution in [0.3, 0.4) is 0 Å². The number of nitrogens with two attached hydrogens (primary N) is 1. The Labute approximate surface area is 87.2 Å². The Morgan fingerprint density at radius 2 is 1.79 bits per heavy atom. The highest BCUT2D eigenvalue weighted by Gasteiger charge is 2.29. The van der Waals surface area contributed by atoms with Gasteiger partial charge in [0.15, 0.2) is 0 Å². The first kappa shape index (κ1) is 10.4. The fourth-order valence-electron chi connectivity index (χ4n) is 2.78. The lowest BCUT2D eigenvalue weighted by Gasteiger charge is -2.34. The molecule has 0 amide bonds. The second kappa shape index (κ2) is 4.63. The maximum atomic E-state index is 6.11. The Balaban J connectivity index is 1.82. The van der Waals surface area contributed by atoms with E-state index in [9.17, 15) is 0 Å². The molecule has 0 spiro atoms. The van der Waals surface area contributed by atoms with Crippen LogP contribution in [0.25, 0.3) is 0 Å². The molecule has 0 saturated heterocycles. The van der Waals surface area contributed by atoms with Crippen molar-refractivity contribution in [1.29, 1.82) is 0 Å². The molecule has 2 heteroatoms. The second-order valence-corrected chi connectivity index (χ2v) is 5.16. The Bertz CT molecular complexity index is 177. The topological polar surface area (TPSA) is 35.2 Å². The summed E-state index contributed by atoms with van der Waals surface area (Å²) in [4.78, 5) is 0. The molecule has 0 radical (unpaired) electrons. The van der Waals surface area contributed by atoms with E-state index in [-0.39, 0.29) is 0 Å². The molecule has 0 aromatic rings. The number of ether oxygens (including phenoxy) is 1. The normalized spacial score (nSPS) is 40.3. The third-order valence-electron chi connectivity index (χ3n) is 3.77. The zero-order chi connectivity index (χ0) is 9.97. The average molecular weight is 197 g/mol. The Morgan fingerprint density at radius 3 is 2.50 bits per heavy atom. The molecule has 2 rings (SSSR count). The molecular weight excluding hydrogens is 174 g/mol. The van der Waals surface area contributed by atoms with E-state index in [4.69, 9.17) is 10.5 Å². The van der Waals surface area contributed by atoms with Gasteiger partial charge in [-0.05, 0) is 38.0 Å². The summed E-state index contributed by atoms with van der Waals surface area (Å²) in [5, 5.41) is 0. The van der Waals surface area contributed by atoms with Gasteiger partial charge >= 0.3 is 0 Å². The fraction of sp³-hybridized carbons (Fsp3) is 1.00. The molecule has 2 saturated carbocycles. The number of hydrogen-bond donors (Lipinski definition) is 1. The lowest BCUT2D eigenvalue weighted by Crippen LogP contribution is -2.43. The van der Waals surface area contributed by atoms with E-state index < -0.39 is 0 Å². The molecule has 0 heterocycles. The van der Waals surface area contributed by atoms with Gasteiger partial charge in [-0.3, -0.25) is 0 Å². The molecule has 3 unspecified atom stereocenters. The highest BCUT2D eigenvalue weighted by Crippen LogP contribution is 2.29. The molecule has 14 heavy (non-hydrogen) atoms. The summed E-state index contributed by atoms with van der Waals surface area (Å²) < 4.78 is 6.11. The van der Waals surface area contributed by atoms with Gasteiger partial charge in [-0.15, -0.1) is 0 Å². The van der Waals surface area contributed by atoms with Gasteiger partial charge < -0.3 is 10.5 Å². The van der Waals surface area contributed by atoms with Crippen LogP contribution >= 0.6 is 0 Å². The minimum Gasteiger partial charge on any atom is -0.373 e. The van der Waals surface area contributed by atoms with Gasteiger partial charge in [-0.2, -0.15) is 0 Å². The average Bonchev–Trinajstić information content (AvgIpc) is 2.64. The van der Waals surface area contributed by atoms with Gasteiger partial charge in [0.1, 0.15) is 0 Å². The van der Waals surface area contributed by atoms with E-state index in [1.807, 2.05) is 0 Å². The minimum absolute atomic E-state index is 0.298. The molecule has 3 atom stereocenters. The summed E-state index contributed by atoms with van der Waals surface area (Å²) in [5.41, 5.74) is 6.09. The maximum Gasteiger partial charge on any atom is 0.0732 e. The third-order valence-corrected chi connectivity index (χ3v) is 3.77. The first-order valence-corrected chi connectivity index (χ1v) is 6.16. The minimum atomic E-state index is 0.298. The van der Waals surface area contributed by atoms with Crippen LogP contribution in [0.2, 0.25) is 0 Å². The molecule has 82 valence electrons. The second-order valence-electron chi connectivity index (χ2n) is 5.16. The third kappa shape index (κ3) is 2.48. The van der Waals surface area contributed by atoms with Crippen molar-refractivity contribution in [2.24, 2.45) is 11.7 Å². The highest BCUT2D eigenvalue weighted by molar-refractivity contribution is 4.83. The van der Waals surface area contributed by atoms with Crippen molar-refractivity contribution >= 4 is 0 Å². The van der Waals surface area contributed by atoms with Crippen LogP contribution in [0.15, 0.2) is 0 Å². The van der Waals surface area contributed by atoms with E-state index in [0.29, 0.717) is 18.2 Å². The van der Waals surface area contributed by atoms with Gasteiger partial charge in [0, 0.05) is 6.04 Å². The summed E-state index contributed by atoms with van der Waals surface area (Å²) in [5.74, 6) is 0.807. The van der Waals surface area contributed by atoms with E-state index in [0.717, 1.165) is 12.3 Å². The molecule has 2 aliphatic rings. The lowest BCUT2D eigenvalue weighted by atomic mass is 9.85. The summed E-state index contributed by atoms with van der Waals surface area (Å²) in [7, 11) is 0. The Morgan fingerprint density at radius 1 is 1.07 bits per heavy atom. The van der Waals surface area contributed by atoms with Crippen LogP contribution in [0, 0.1) is 5.92 Å². The van der Waals surface area contributed by atoms with Crippen molar-refractivity contribution in [2.45, 2.75) is 70.1 Å². The van der Waals surface area contributed by atoms with Crippen LogP contribution in [-0.4, -0.2) is 18.2 Å². The van der Waals surface area contributed by atoms with Crippen molar-refractivity contribution < 1.29 is 4.74 Å². The van der Waals surface area contributed by atoms with Crippen LogP contribution < -0.4 is 5.73 Å². The molecule has 2 aliphatic carbocycles. The van der Waals surface area contributed by atoms with E-state index in [1.165, 1.54) is 38.5 Å². The lowest BCUT2D eigenvalue weighted by molar-refractivity contribution is -0.0452. The Hall–Kier alpha value is -0.0800. The van der Waals surface area contributed by atoms with Gasteiger partial charge in [-0.1, -0.05) is 19.8 Å². The van der Waals surface area contributed by atoms with Crippen LogP contribution in [0.5, 0.6) is 0 Å². The van der Waals surface area contributed by atoms with Crippen LogP contribution in [-0.2, 0) is 4.74 Å². The zero-order valence-electron chi connectivity index (χ0n) is 9.24. The maximum absolute atomic E-state index is 6.11. The fourth-order valence-corrected chi connectivity index (χ4v) is 2.78. The summed E-state index contributed by atoms with van der Waals surface area (Å²) in [6.45, 7) is 2.32. The van der Waals surface area contributed by atoms with Crippen molar-refractivity contribution in [2.75, 3.05) is 0 Å². The van der Waals surface area contributed by atoms with Gasteiger partial charge in [0.2, 0.25) is 0 Å². The SMILES string of the molecule is CC1CCC(N)C(OC2CCCC2)C1. The largest absolute Gasteiger partial charge is 0.373 e. The molecule has 2 nitrogen and oxygen atoms in total. The first-order valence-electron chi connectivity index (χ1n) is 6.16. The van der Waals surface area contributed by atoms with Crippen LogP contribution in [0.1, 0.15) is 51.9 Å². The summed E-state index contributed by atoms with van der Waals surface area (Å²) in [6.07, 6.45) is 9.71. The molecular formula is C12H23NO. The van der Waals surface area contributed by atoms with E-state index >= 15 is 0 Å². The molecule has 2 N–H and O–H groups in total. The van der Waals surface area contributed by atoms with Gasteiger partial charge in [0.05, 0.1) is 12.2 Å². The van der Waals surface area contributed by atoms with Crippen molar-refractivity contribution in [3.8, 4) is 0 Å². The number of hydrogen-bond acceptors (Lipinski definition) is 2. The van der Waals surface area contributed by atoms with Gasteiger partial charge in [-0.25, -0.2) is 0 Å². The highest BCUT2D eigenvalue weighted by atomic mass is 16.5.